The zero-order valence-corrected chi connectivity index (χ0v) is 18.7. The van der Waals surface area contributed by atoms with Gasteiger partial charge in [-0.2, -0.15) is 0 Å². The van der Waals surface area contributed by atoms with Crippen molar-refractivity contribution in [2.45, 2.75) is 46.2 Å². The topological polar surface area (TPSA) is 70.8 Å². The molecule has 8 nitrogen and oxygen atoms in total. The van der Waals surface area contributed by atoms with Crippen LogP contribution in [-0.4, -0.2) is 71.5 Å². The number of benzene rings is 1. The molecule has 1 atom stereocenters. The normalized spacial score (nSPS) is 15.9. The Morgan fingerprint density at radius 3 is 2.73 bits per heavy atom. The smallest absolute Gasteiger partial charge is 0.194 e. The molecule has 30 heavy (non-hydrogen) atoms. The summed E-state index contributed by atoms with van der Waals surface area (Å²) in [6.45, 7) is 11.8. The van der Waals surface area contributed by atoms with E-state index in [-0.39, 0.29) is 0 Å². The number of guanidine groups is 1. The molecule has 3 rings (SSSR count). The van der Waals surface area contributed by atoms with E-state index < -0.39 is 0 Å². The van der Waals surface area contributed by atoms with E-state index in [1.54, 1.807) is 13.4 Å². The molecule has 0 radical (unpaired) electrons. The highest BCUT2D eigenvalue weighted by atomic mass is 16.5. The van der Waals surface area contributed by atoms with Gasteiger partial charge in [-0.1, -0.05) is 19.9 Å². The summed E-state index contributed by atoms with van der Waals surface area (Å²) in [6.07, 6.45) is 3.74. The van der Waals surface area contributed by atoms with E-state index in [2.05, 4.69) is 62.8 Å². The molecule has 8 heteroatoms. The third-order valence-corrected chi connectivity index (χ3v) is 5.60. The van der Waals surface area contributed by atoms with Gasteiger partial charge >= 0.3 is 0 Å². The minimum atomic E-state index is 0.390. The van der Waals surface area contributed by atoms with E-state index in [4.69, 9.17) is 9.73 Å². The molecule has 1 saturated heterocycles. The summed E-state index contributed by atoms with van der Waals surface area (Å²) in [5.41, 5.74) is 1.21. The molecule has 0 bridgehead atoms. The van der Waals surface area contributed by atoms with Crippen molar-refractivity contribution in [2.75, 3.05) is 44.7 Å². The van der Waals surface area contributed by atoms with E-state index in [0.29, 0.717) is 12.6 Å². The number of piperazine rings is 1. The quantitative estimate of drug-likeness (QED) is 0.529. The van der Waals surface area contributed by atoms with Gasteiger partial charge in [-0.15, -0.1) is 10.2 Å². The van der Waals surface area contributed by atoms with Crippen molar-refractivity contribution in [3.8, 4) is 5.75 Å². The molecule has 0 spiro atoms. The average Bonchev–Trinajstić information content (AvgIpc) is 3.26. The predicted octanol–water partition coefficient (Wildman–Crippen LogP) is 2.42. The molecular formula is C22H35N7O. The second-order valence-electron chi connectivity index (χ2n) is 7.63. The van der Waals surface area contributed by atoms with Gasteiger partial charge in [-0.05, 0) is 25.5 Å². The van der Waals surface area contributed by atoms with Crippen LogP contribution in [0.15, 0.2) is 35.6 Å². The van der Waals surface area contributed by atoms with E-state index >= 15 is 0 Å². The number of nitrogens with zero attached hydrogens (tertiary/aromatic N) is 6. The highest BCUT2D eigenvalue weighted by Gasteiger charge is 2.21. The van der Waals surface area contributed by atoms with Crippen molar-refractivity contribution >= 4 is 11.6 Å². The Kier molecular flexibility index (Phi) is 7.93. The summed E-state index contributed by atoms with van der Waals surface area (Å²) in [4.78, 5) is 9.71. The van der Waals surface area contributed by atoms with Gasteiger partial charge in [-0.25, -0.2) is 0 Å². The Labute approximate surface area is 179 Å². The lowest BCUT2D eigenvalue weighted by atomic mass is 10.2. The second-order valence-corrected chi connectivity index (χ2v) is 7.63. The fourth-order valence-electron chi connectivity index (χ4n) is 3.55. The van der Waals surface area contributed by atoms with E-state index in [0.717, 1.165) is 63.1 Å². The molecule has 1 aliphatic rings. The minimum absolute atomic E-state index is 0.390. The molecule has 164 valence electrons. The monoisotopic (exact) mass is 413 g/mol. The highest BCUT2D eigenvalue weighted by molar-refractivity contribution is 5.80. The molecule has 1 unspecified atom stereocenters. The van der Waals surface area contributed by atoms with E-state index in [1.165, 1.54) is 5.69 Å². The predicted molar refractivity (Wildman–Crippen MR) is 121 cm³/mol. The Morgan fingerprint density at radius 1 is 1.23 bits per heavy atom. The number of nitrogens with one attached hydrogen (secondary N) is 1. The van der Waals surface area contributed by atoms with Gasteiger partial charge in [0.2, 0.25) is 0 Å². The SMILES string of the molecule is CCc1nncn1CCN=C(NC(C)CC)N1CCN(c2cccc(OC)c2)CC1. The van der Waals surface area contributed by atoms with Gasteiger partial charge in [-0.3, -0.25) is 4.99 Å². The molecule has 1 N–H and O–H groups in total. The van der Waals surface area contributed by atoms with Crippen molar-refractivity contribution in [1.29, 1.82) is 0 Å². The van der Waals surface area contributed by atoms with Crippen LogP contribution in [0.5, 0.6) is 5.75 Å². The van der Waals surface area contributed by atoms with E-state index in [9.17, 15) is 0 Å². The van der Waals surface area contributed by atoms with Crippen molar-refractivity contribution < 1.29 is 4.74 Å². The van der Waals surface area contributed by atoms with Crippen LogP contribution >= 0.6 is 0 Å². The minimum Gasteiger partial charge on any atom is -0.497 e. The summed E-state index contributed by atoms with van der Waals surface area (Å²) in [5, 5.41) is 11.8. The number of methoxy groups -OCH3 is 1. The summed E-state index contributed by atoms with van der Waals surface area (Å²) < 4.78 is 7.46. The lowest BCUT2D eigenvalue weighted by molar-refractivity contribution is 0.365. The first kappa shape index (κ1) is 21.9. The third kappa shape index (κ3) is 5.64. The first-order valence-corrected chi connectivity index (χ1v) is 11.0. The highest BCUT2D eigenvalue weighted by Crippen LogP contribution is 2.22. The van der Waals surface area contributed by atoms with Gasteiger partial charge in [0.15, 0.2) is 5.96 Å². The van der Waals surface area contributed by atoms with Crippen LogP contribution in [0.4, 0.5) is 5.69 Å². The van der Waals surface area contributed by atoms with Crippen LogP contribution in [0.25, 0.3) is 0 Å². The Morgan fingerprint density at radius 2 is 2.03 bits per heavy atom. The van der Waals surface area contributed by atoms with Gasteiger partial charge in [0.25, 0.3) is 0 Å². The molecule has 2 aromatic rings. The Hall–Kier alpha value is -2.77. The molecule has 0 saturated carbocycles. The lowest BCUT2D eigenvalue weighted by Crippen LogP contribution is -2.54. The third-order valence-electron chi connectivity index (χ3n) is 5.60. The number of aryl methyl sites for hydroxylation is 1. The Balaban J connectivity index is 1.62. The molecule has 2 heterocycles. The molecule has 1 aromatic carbocycles. The van der Waals surface area contributed by atoms with Crippen LogP contribution in [0.1, 0.15) is 33.0 Å². The number of anilines is 1. The second kappa shape index (κ2) is 10.8. The number of rotatable bonds is 8. The summed E-state index contributed by atoms with van der Waals surface area (Å²) >= 11 is 0. The van der Waals surface area contributed by atoms with Crippen LogP contribution < -0.4 is 15.0 Å². The van der Waals surface area contributed by atoms with Gasteiger partial charge in [0, 0.05) is 56.9 Å². The maximum Gasteiger partial charge on any atom is 0.194 e. The molecule has 0 amide bonds. The number of ether oxygens (including phenoxy) is 1. The number of aromatic nitrogens is 3. The van der Waals surface area contributed by atoms with E-state index in [1.807, 2.05) is 12.1 Å². The van der Waals surface area contributed by atoms with Crippen molar-refractivity contribution in [2.24, 2.45) is 4.99 Å². The van der Waals surface area contributed by atoms with Crippen molar-refractivity contribution in [3.05, 3.63) is 36.4 Å². The van der Waals surface area contributed by atoms with Crippen LogP contribution in [0, 0.1) is 0 Å². The van der Waals surface area contributed by atoms with Crippen LogP contribution in [0.2, 0.25) is 0 Å². The number of hydrogen-bond donors (Lipinski definition) is 1. The standard InChI is InChI=1S/C22H35N7O/c1-5-18(3)25-22(23-10-11-29-17-24-26-21(29)6-2)28-14-12-27(13-15-28)19-8-7-9-20(16-19)30-4/h7-9,16-18H,5-6,10-15H2,1-4H3,(H,23,25). The number of hydrogen-bond acceptors (Lipinski definition) is 5. The molecule has 1 aliphatic heterocycles. The van der Waals surface area contributed by atoms with Crippen molar-refractivity contribution in [3.63, 3.8) is 0 Å². The summed E-state index contributed by atoms with van der Waals surface area (Å²) in [7, 11) is 1.71. The van der Waals surface area contributed by atoms with Crippen LogP contribution in [-0.2, 0) is 13.0 Å². The fourth-order valence-corrected chi connectivity index (χ4v) is 3.55. The Bertz CT molecular complexity index is 811. The molecule has 0 aliphatic carbocycles. The zero-order chi connectivity index (χ0) is 21.3. The van der Waals surface area contributed by atoms with Crippen LogP contribution in [0.3, 0.4) is 0 Å². The maximum atomic E-state index is 5.38. The van der Waals surface area contributed by atoms with Crippen molar-refractivity contribution in [1.82, 2.24) is 25.0 Å². The summed E-state index contributed by atoms with van der Waals surface area (Å²) in [5.74, 6) is 2.91. The lowest BCUT2D eigenvalue weighted by Gasteiger charge is -2.38. The molecule has 1 aromatic heterocycles. The first-order chi connectivity index (χ1) is 14.6. The summed E-state index contributed by atoms with van der Waals surface area (Å²) in [6, 6.07) is 8.68. The average molecular weight is 414 g/mol. The maximum absolute atomic E-state index is 5.38. The first-order valence-electron chi connectivity index (χ1n) is 11.0. The fraction of sp³-hybridized carbons (Fsp3) is 0.591. The van der Waals surface area contributed by atoms with Gasteiger partial charge < -0.3 is 24.4 Å². The van der Waals surface area contributed by atoms with Gasteiger partial charge in [0.1, 0.15) is 17.9 Å². The largest absolute Gasteiger partial charge is 0.497 e. The molecular weight excluding hydrogens is 378 g/mol. The number of aliphatic imine (C=N–C) groups is 1. The molecule has 1 fully saturated rings. The van der Waals surface area contributed by atoms with Gasteiger partial charge in [0.05, 0.1) is 13.7 Å². The zero-order valence-electron chi connectivity index (χ0n) is 18.7.